The van der Waals surface area contributed by atoms with Crippen LogP contribution in [-0.2, 0) is 0 Å². The minimum absolute atomic E-state index is 0.0456. The minimum atomic E-state index is -0.761. The molecule has 2 aromatic carbocycles. The van der Waals surface area contributed by atoms with Crippen molar-refractivity contribution in [2.45, 2.75) is 43.7 Å². The predicted molar refractivity (Wildman–Crippen MR) is 105 cm³/mol. The highest BCUT2D eigenvalue weighted by Gasteiger charge is 2.50. The highest BCUT2D eigenvalue weighted by atomic mass is 19.1. The van der Waals surface area contributed by atoms with Crippen molar-refractivity contribution in [3.8, 4) is 5.75 Å². The molecule has 1 saturated heterocycles. The lowest BCUT2D eigenvalue weighted by Crippen LogP contribution is -2.56. The molecule has 5 heteroatoms. The average Bonchev–Trinajstić information content (AvgIpc) is 2.72. The van der Waals surface area contributed by atoms with E-state index in [0.717, 1.165) is 37.0 Å². The molecule has 28 heavy (non-hydrogen) atoms. The minimum Gasteiger partial charge on any atom is -0.496 e. The molecule has 2 aromatic rings. The number of ether oxygens (including phenoxy) is 1. The van der Waals surface area contributed by atoms with Gasteiger partial charge < -0.3 is 14.7 Å². The van der Waals surface area contributed by atoms with Crippen LogP contribution in [0, 0.1) is 11.7 Å². The zero-order chi connectivity index (χ0) is 19.7. The van der Waals surface area contributed by atoms with E-state index in [4.69, 9.17) is 4.74 Å². The van der Waals surface area contributed by atoms with Crippen molar-refractivity contribution in [2.24, 2.45) is 5.92 Å². The smallest absolute Gasteiger partial charge is 0.254 e. The first-order chi connectivity index (χ1) is 13.5. The number of rotatable bonds is 3. The largest absolute Gasteiger partial charge is 0.496 e. The van der Waals surface area contributed by atoms with Crippen LogP contribution in [0.25, 0.3) is 0 Å². The van der Waals surface area contributed by atoms with Crippen molar-refractivity contribution in [1.29, 1.82) is 0 Å². The molecule has 1 N–H and O–H groups in total. The Morgan fingerprint density at radius 3 is 2.64 bits per heavy atom. The lowest BCUT2D eigenvalue weighted by Gasteiger charge is -2.52. The number of halogens is 1. The maximum atomic E-state index is 13.4. The van der Waals surface area contributed by atoms with Gasteiger partial charge >= 0.3 is 0 Å². The second-order valence-corrected chi connectivity index (χ2v) is 7.90. The van der Waals surface area contributed by atoms with Crippen molar-refractivity contribution in [3.05, 3.63) is 65.5 Å². The Hall–Kier alpha value is -2.40. The second-order valence-electron chi connectivity index (χ2n) is 7.90. The van der Waals surface area contributed by atoms with Crippen LogP contribution < -0.4 is 4.74 Å². The number of benzene rings is 2. The highest BCUT2D eigenvalue weighted by Crippen LogP contribution is 2.51. The number of carbonyl (C=O) groups excluding carboxylic acids is 1. The number of methoxy groups -OCH3 is 1. The van der Waals surface area contributed by atoms with Crippen molar-refractivity contribution < 1.29 is 19.0 Å². The third-order valence-corrected chi connectivity index (χ3v) is 6.38. The molecule has 0 radical (unpaired) electrons. The highest BCUT2D eigenvalue weighted by molar-refractivity contribution is 5.94. The van der Waals surface area contributed by atoms with Crippen molar-refractivity contribution in [2.75, 3.05) is 13.7 Å². The maximum absolute atomic E-state index is 13.4. The molecule has 2 fully saturated rings. The Morgan fingerprint density at radius 1 is 1.14 bits per heavy atom. The monoisotopic (exact) mass is 383 g/mol. The molecule has 0 bridgehead atoms. The molecule has 0 aromatic heterocycles. The summed E-state index contributed by atoms with van der Waals surface area (Å²) in [4.78, 5) is 15.2. The molecule has 0 unspecified atom stereocenters. The van der Waals surface area contributed by atoms with Gasteiger partial charge in [-0.05, 0) is 49.6 Å². The molecule has 0 spiro atoms. The van der Waals surface area contributed by atoms with Gasteiger partial charge in [0.1, 0.15) is 11.6 Å². The third-order valence-electron chi connectivity index (χ3n) is 6.38. The van der Waals surface area contributed by atoms with E-state index in [-0.39, 0.29) is 23.7 Å². The molecule has 1 saturated carbocycles. The summed E-state index contributed by atoms with van der Waals surface area (Å²) < 4.78 is 18.9. The average molecular weight is 383 g/mol. The first-order valence-corrected chi connectivity index (χ1v) is 9.95. The summed E-state index contributed by atoms with van der Waals surface area (Å²) in [7, 11) is 1.63. The summed E-state index contributed by atoms with van der Waals surface area (Å²) in [6, 6.07) is 13.1. The van der Waals surface area contributed by atoms with E-state index in [2.05, 4.69) is 0 Å². The lowest BCUT2D eigenvalue weighted by atomic mass is 9.66. The SMILES string of the molecule is COc1ccccc1[C@H]1[C@H]2CCCC[C@@]2(O)CCN1C(=O)c1ccc(F)cc1. The van der Waals surface area contributed by atoms with E-state index >= 15 is 0 Å². The zero-order valence-electron chi connectivity index (χ0n) is 16.1. The van der Waals surface area contributed by atoms with Gasteiger partial charge in [-0.1, -0.05) is 31.0 Å². The predicted octanol–water partition coefficient (Wildman–Crippen LogP) is 4.34. The van der Waals surface area contributed by atoms with Crippen LogP contribution in [0.1, 0.15) is 54.1 Å². The number of amides is 1. The molecule has 148 valence electrons. The Kier molecular flexibility index (Phi) is 5.11. The molecule has 2 aliphatic rings. The summed E-state index contributed by atoms with van der Waals surface area (Å²) in [6.45, 7) is 0.464. The number of hydrogen-bond donors (Lipinski definition) is 1. The quantitative estimate of drug-likeness (QED) is 0.858. The van der Waals surface area contributed by atoms with Gasteiger partial charge in [0.15, 0.2) is 0 Å². The Bertz CT molecular complexity index is 853. The van der Waals surface area contributed by atoms with Gasteiger partial charge in [0.2, 0.25) is 0 Å². The van der Waals surface area contributed by atoms with E-state index < -0.39 is 5.60 Å². The molecule has 1 heterocycles. The van der Waals surface area contributed by atoms with Crippen LogP contribution in [0.2, 0.25) is 0 Å². The van der Waals surface area contributed by atoms with Gasteiger partial charge in [-0.25, -0.2) is 4.39 Å². The van der Waals surface area contributed by atoms with Crippen molar-refractivity contribution in [1.82, 2.24) is 4.90 Å². The number of likely N-dealkylation sites (tertiary alicyclic amines) is 1. The lowest BCUT2D eigenvalue weighted by molar-refractivity contribution is -0.115. The van der Waals surface area contributed by atoms with Gasteiger partial charge in [-0.15, -0.1) is 0 Å². The van der Waals surface area contributed by atoms with Gasteiger partial charge in [0.05, 0.1) is 18.8 Å². The van der Waals surface area contributed by atoms with Crippen LogP contribution in [-0.4, -0.2) is 35.2 Å². The van der Waals surface area contributed by atoms with Crippen LogP contribution >= 0.6 is 0 Å². The molecule has 3 atom stereocenters. The number of fused-ring (bicyclic) bond motifs is 1. The second kappa shape index (κ2) is 7.55. The van der Waals surface area contributed by atoms with Gasteiger partial charge in [0, 0.05) is 23.6 Å². The van der Waals surface area contributed by atoms with Gasteiger partial charge in [0.25, 0.3) is 5.91 Å². The van der Waals surface area contributed by atoms with Crippen LogP contribution in [0.15, 0.2) is 48.5 Å². The third kappa shape index (κ3) is 3.28. The van der Waals surface area contributed by atoms with Crippen molar-refractivity contribution in [3.63, 3.8) is 0 Å². The molecule has 1 amide bonds. The normalized spacial score (nSPS) is 27.2. The number of aliphatic hydroxyl groups is 1. The number of nitrogens with zero attached hydrogens (tertiary/aromatic N) is 1. The summed E-state index contributed by atoms with van der Waals surface area (Å²) >= 11 is 0. The van der Waals surface area contributed by atoms with Crippen LogP contribution in [0.4, 0.5) is 4.39 Å². The van der Waals surface area contributed by atoms with E-state index in [1.165, 1.54) is 24.3 Å². The summed E-state index contributed by atoms with van der Waals surface area (Å²) in [5.41, 5.74) is 0.622. The fraction of sp³-hybridized carbons (Fsp3) is 0.435. The first kappa shape index (κ1) is 18.9. The molecular weight excluding hydrogens is 357 g/mol. The Balaban J connectivity index is 1.78. The number of carbonyl (C=O) groups is 1. The summed E-state index contributed by atoms with van der Waals surface area (Å²) in [6.07, 6.45) is 4.25. The van der Waals surface area contributed by atoms with E-state index in [0.29, 0.717) is 18.5 Å². The van der Waals surface area contributed by atoms with E-state index in [1.807, 2.05) is 29.2 Å². The first-order valence-electron chi connectivity index (χ1n) is 9.95. The molecule has 1 aliphatic carbocycles. The van der Waals surface area contributed by atoms with E-state index in [9.17, 15) is 14.3 Å². The standard InChI is InChI=1S/C23H26FNO3/c1-28-20-8-3-2-6-18(20)21-19-7-4-5-13-23(19,27)14-15-25(21)22(26)16-9-11-17(24)12-10-16/h2-3,6,8-12,19,21,27H,4-5,7,13-15H2,1H3/t19-,21+,23-/m1/s1. The molecular formula is C23H26FNO3. The van der Waals surface area contributed by atoms with Crippen molar-refractivity contribution >= 4 is 5.91 Å². The van der Waals surface area contributed by atoms with Gasteiger partial charge in [-0.3, -0.25) is 4.79 Å². The number of para-hydroxylation sites is 1. The van der Waals surface area contributed by atoms with E-state index in [1.54, 1.807) is 7.11 Å². The van der Waals surface area contributed by atoms with Crippen LogP contribution in [0.5, 0.6) is 5.75 Å². The summed E-state index contributed by atoms with van der Waals surface area (Å²) in [5, 5.41) is 11.4. The van der Waals surface area contributed by atoms with Gasteiger partial charge in [-0.2, -0.15) is 0 Å². The van der Waals surface area contributed by atoms with Crippen LogP contribution in [0.3, 0.4) is 0 Å². The maximum Gasteiger partial charge on any atom is 0.254 e. The number of piperidine rings is 1. The Labute approximate surface area is 164 Å². The molecule has 1 aliphatic heterocycles. The molecule has 4 nitrogen and oxygen atoms in total. The topological polar surface area (TPSA) is 49.8 Å². The summed E-state index contributed by atoms with van der Waals surface area (Å²) in [5.74, 6) is 0.177. The molecule has 4 rings (SSSR count). The Morgan fingerprint density at radius 2 is 1.89 bits per heavy atom. The zero-order valence-corrected chi connectivity index (χ0v) is 16.1. The fourth-order valence-corrected chi connectivity index (χ4v) is 4.96. The fourth-order valence-electron chi connectivity index (χ4n) is 4.96. The number of hydrogen-bond acceptors (Lipinski definition) is 3.